The maximum absolute atomic E-state index is 12.7. The van der Waals surface area contributed by atoms with Gasteiger partial charge in [0.05, 0.1) is 18.3 Å². The second-order valence-corrected chi connectivity index (χ2v) is 7.50. The summed E-state index contributed by atoms with van der Waals surface area (Å²) in [6.07, 6.45) is 3.33. The predicted octanol–water partition coefficient (Wildman–Crippen LogP) is 4.15. The van der Waals surface area contributed by atoms with Gasteiger partial charge in [0.25, 0.3) is 5.91 Å². The Labute approximate surface area is 172 Å². The van der Waals surface area contributed by atoms with Crippen LogP contribution in [0.5, 0.6) is 5.75 Å². The predicted molar refractivity (Wildman–Crippen MR) is 116 cm³/mol. The highest BCUT2D eigenvalue weighted by molar-refractivity contribution is 5.98. The zero-order chi connectivity index (χ0) is 20.6. The smallest absolute Gasteiger partial charge is 0.253 e. The van der Waals surface area contributed by atoms with Gasteiger partial charge in [-0.25, -0.2) is 0 Å². The van der Waals surface area contributed by atoms with E-state index < -0.39 is 0 Å². The number of benzene rings is 2. The van der Waals surface area contributed by atoms with Crippen LogP contribution in [0.4, 0.5) is 11.4 Å². The summed E-state index contributed by atoms with van der Waals surface area (Å²) in [7, 11) is 0. The SMILES string of the molecule is CC(C)Oc1ccccc1NCC(=O)Nc1cccc(C(=O)N2CCCCC2)c1. The molecule has 0 aromatic heterocycles. The monoisotopic (exact) mass is 395 g/mol. The van der Waals surface area contributed by atoms with Crippen molar-refractivity contribution in [2.24, 2.45) is 0 Å². The average molecular weight is 396 g/mol. The van der Waals surface area contributed by atoms with Crippen molar-refractivity contribution < 1.29 is 14.3 Å². The molecule has 0 unspecified atom stereocenters. The molecular weight excluding hydrogens is 366 g/mol. The Hall–Kier alpha value is -3.02. The Kier molecular flexibility index (Phi) is 7.11. The summed E-state index contributed by atoms with van der Waals surface area (Å²) in [5.74, 6) is 0.551. The number of para-hydroxylation sites is 2. The molecule has 154 valence electrons. The molecule has 3 rings (SSSR count). The zero-order valence-corrected chi connectivity index (χ0v) is 17.1. The minimum Gasteiger partial charge on any atom is -0.489 e. The molecule has 0 bridgehead atoms. The number of hydrogen-bond acceptors (Lipinski definition) is 4. The molecule has 0 aliphatic carbocycles. The molecule has 1 aliphatic heterocycles. The number of ether oxygens (including phenoxy) is 1. The molecule has 0 saturated carbocycles. The average Bonchev–Trinajstić information content (AvgIpc) is 2.73. The highest BCUT2D eigenvalue weighted by Gasteiger charge is 2.18. The van der Waals surface area contributed by atoms with E-state index in [1.54, 1.807) is 24.3 Å². The Morgan fingerprint density at radius 2 is 1.79 bits per heavy atom. The molecule has 2 aromatic carbocycles. The summed E-state index contributed by atoms with van der Waals surface area (Å²) in [5, 5.41) is 5.97. The largest absolute Gasteiger partial charge is 0.489 e. The fourth-order valence-corrected chi connectivity index (χ4v) is 3.36. The molecule has 0 spiro atoms. The van der Waals surface area contributed by atoms with E-state index in [1.165, 1.54) is 6.42 Å². The number of anilines is 2. The lowest BCUT2D eigenvalue weighted by molar-refractivity contribution is -0.114. The lowest BCUT2D eigenvalue weighted by Crippen LogP contribution is -2.35. The van der Waals surface area contributed by atoms with Crippen molar-refractivity contribution in [2.45, 2.75) is 39.2 Å². The van der Waals surface area contributed by atoms with Crippen LogP contribution in [0.3, 0.4) is 0 Å². The van der Waals surface area contributed by atoms with E-state index >= 15 is 0 Å². The number of carbonyl (C=O) groups is 2. The Bertz CT molecular complexity index is 845. The topological polar surface area (TPSA) is 70.7 Å². The number of piperidine rings is 1. The van der Waals surface area contributed by atoms with Crippen molar-refractivity contribution in [1.82, 2.24) is 4.90 Å². The number of hydrogen-bond donors (Lipinski definition) is 2. The quantitative estimate of drug-likeness (QED) is 0.739. The molecule has 1 aliphatic rings. The van der Waals surface area contributed by atoms with Crippen molar-refractivity contribution in [3.63, 3.8) is 0 Å². The van der Waals surface area contributed by atoms with E-state index in [0.29, 0.717) is 17.0 Å². The van der Waals surface area contributed by atoms with Crippen molar-refractivity contribution in [3.05, 3.63) is 54.1 Å². The minimum atomic E-state index is -0.188. The Morgan fingerprint density at radius 1 is 1.03 bits per heavy atom. The highest BCUT2D eigenvalue weighted by Crippen LogP contribution is 2.24. The number of likely N-dealkylation sites (tertiary alicyclic amines) is 1. The number of nitrogens with one attached hydrogen (secondary N) is 2. The van der Waals surface area contributed by atoms with Crippen LogP contribution in [0.1, 0.15) is 43.5 Å². The van der Waals surface area contributed by atoms with Crippen LogP contribution in [0.25, 0.3) is 0 Å². The Balaban J connectivity index is 1.58. The molecular formula is C23H29N3O3. The van der Waals surface area contributed by atoms with Crippen molar-refractivity contribution >= 4 is 23.2 Å². The van der Waals surface area contributed by atoms with Crippen LogP contribution in [-0.4, -0.2) is 42.5 Å². The third-order valence-corrected chi connectivity index (χ3v) is 4.73. The lowest BCUT2D eigenvalue weighted by atomic mass is 10.1. The van der Waals surface area contributed by atoms with Crippen LogP contribution in [0.15, 0.2) is 48.5 Å². The first-order valence-corrected chi connectivity index (χ1v) is 10.2. The standard InChI is InChI=1S/C23H29N3O3/c1-17(2)29-21-12-5-4-11-20(21)24-16-22(27)25-19-10-8-9-18(15-19)23(28)26-13-6-3-7-14-26/h4-5,8-12,15,17,24H,3,6-7,13-14,16H2,1-2H3,(H,25,27). The summed E-state index contributed by atoms with van der Waals surface area (Å²) in [4.78, 5) is 26.9. The third-order valence-electron chi connectivity index (χ3n) is 4.73. The molecule has 0 radical (unpaired) electrons. The first kappa shape index (κ1) is 20.7. The van der Waals surface area contributed by atoms with Crippen molar-refractivity contribution in [3.8, 4) is 5.75 Å². The van der Waals surface area contributed by atoms with E-state index in [0.717, 1.165) is 31.6 Å². The van der Waals surface area contributed by atoms with Gasteiger partial charge >= 0.3 is 0 Å². The molecule has 2 N–H and O–H groups in total. The summed E-state index contributed by atoms with van der Waals surface area (Å²) >= 11 is 0. The van der Waals surface area contributed by atoms with E-state index in [4.69, 9.17) is 4.74 Å². The molecule has 0 atom stereocenters. The fourth-order valence-electron chi connectivity index (χ4n) is 3.36. The fraction of sp³-hybridized carbons (Fsp3) is 0.391. The van der Waals surface area contributed by atoms with Crippen LogP contribution >= 0.6 is 0 Å². The van der Waals surface area contributed by atoms with Crippen molar-refractivity contribution in [1.29, 1.82) is 0 Å². The summed E-state index contributed by atoms with van der Waals surface area (Å²) in [6.45, 7) is 5.63. The third kappa shape index (κ3) is 5.98. The highest BCUT2D eigenvalue weighted by atomic mass is 16.5. The summed E-state index contributed by atoms with van der Waals surface area (Å²) in [5.41, 5.74) is 1.99. The van der Waals surface area contributed by atoms with Gasteiger partial charge in [-0.15, -0.1) is 0 Å². The second-order valence-electron chi connectivity index (χ2n) is 7.50. The molecule has 6 heteroatoms. The van der Waals surface area contributed by atoms with Gasteiger partial charge in [-0.05, 0) is 63.4 Å². The number of nitrogens with zero attached hydrogens (tertiary/aromatic N) is 1. The summed E-state index contributed by atoms with van der Waals surface area (Å²) in [6, 6.07) is 14.7. The first-order chi connectivity index (χ1) is 14.0. The normalized spacial score (nSPS) is 13.8. The van der Waals surface area contributed by atoms with Crippen LogP contribution in [0.2, 0.25) is 0 Å². The van der Waals surface area contributed by atoms with E-state index in [9.17, 15) is 9.59 Å². The van der Waals surface area contributed by atoms with Gasteiger partial charge in [0.2, 0.25) is 5.91 Å². The van der Waals surface area contributed by atoms with Crippen molar-refractivity contribution in [2.75, 3.05) is 30.3 Å². The molecule has 2 amide bonds. The van der Waals surface area contributed by atoms with Gasteiger partial charge in [-0.1, -0.05) is 18.2 Å². The minimum absolute atomic E-state index is 0.0266. The first-order valence-electron chi connectivity index (χ1n) is 10.2. The van der Waals surface area contributed by atoms with Crippen LogP contribution in [0, 0.1) is 0 Å². The molecule has 1 heterocycles. The molecule has 2 aromatic rings. The second kappa shape index (κ2) is 9.96. The number of rotatable bonds is 7. The van der Waals surface area contributed by atoms with Crippen LogP contribution < -0.4 is 15.4 Å². The molecule has 29 heavy (non-hydrogen) atoms. The number of carbonyl (C=O) groups excluding carboxylic acids is 2. The lowest BCUT2D eigenvalue weighted by Gasteiger charge is -2.26. The zero-order valence-electron chi connectivity index (χ0n) is 17.1. The molecule has 1 fully saturated rings. The van der Waals surface area contributed by atoms with Gasteiger partial charge in [0, 0.05) is 24.3 Å². The van der Waals surface area contributed by atoms with Gasteiger partial charge in [-0.2, -0.15) is 0 Å². The van der Waals surface area contributed by atoms with E-state index in [2.05, 4.69) is 10.6 Å². The van der Waals surface area contributed by atoms with Gasteiger partial charge in [0.15, 0.2) is 0 Å². The van der Waals surface area contributed by atoms with E-state index in [-0.39, 0.29) is 24.5 Å². The van der Waals surface area contributed by atoms with Crippen LogP contribution in [-0.2, 0) is 4.79 Å². The van der Waals surface area contributed by atoms with E-state index in [1.807, 2.05) is 43.0 Å². The van der Waals surface area contributed by atoms with Gasteiger partial charge in [0.1, 0.15) is 5.75 Å². The molecule has 1 saturated heterocycles. The van der Waals surface area contributed by atoms with Gasteiger partial charge in [-0.3, -0.25) is 9.59 Å². The number of amides is 2. The Morgan fingerprint density at radius 3 is 2.55 bits per heavy atom. The molecule has 6 nitrogen and oxygen atoms in total. The van der Waals surface area contributed by atoms with Gasteiger partial charge < -0.3 is 20.3 Å². The maximum Gasteiger partial charge on any atom is 0.253 e. The maximum atomic E-state index is 12.7. The summed E-state index contributed by atoms with van der Waals surface area (Å²) < 4.78 is 5.76.